The second-order valence-electron chi connectivity index (χ2n) is 7.45. The molecule has 2 aromatic carbocycles. The lowest BCUT2D eigenvalue weighted by Gasteiger charge is -2.41. The van der Waals surface area contributed by atoms with E-state index in [1.807, 2.05) is 0 Å². The van der Waals surface area contributed by atoms with Crippen molar-refractivity contribution in [2.24, 2.45) is 0 Å². The lowest BCUT2D eigenvalue weighted by Crippen LogP contribution is -2.46. The number of hydrogen-bond acceptors (Lipinski definition) is 2. The minimum Gasteiger partial charge on any atom is -0.375 e. The zero-order chi connectivity index (χ0) is 16.8. The number of hydrogen-bond donors (Lipinski definition) is 0. The van der Waals surface area contributed by atoms with Gasteiger partial charge in [-0.05, 0) is 44.2 Å². The second-order valence-corrected chi connectivity index (χ2v) is 7.45. The Bertz CT molecular complexity index is 614. The van der Waals surface area contributed by atoms with Gasteiger partial charge in [-0.1, -0.05) is 60.7 Å². The molecule has 1 saturated heterocycles. The Balaban J connectivity index is 0.00000225. The fourth-order valence-corrected chi connectivity index (χ4v) is 3.64. The maximum Gasteiger partial charge on any atom is 0.0641 e. The molecule has 3 heteroatoms. The Morgan fingerprint density at radius 3 is 2.16 bits per heavy atom. The molecule has 0 saturated carbocycles. The van der Waals surface area contributed by atoms with E-state index in [1.54, 1.807) is 0 Å². The van der Waals surface area contributed by atoms with Gasteiger partial charge in [-0.3, -0.25) is 4.90 Å². The molecule has 1 fully saturated rings. The third-order valence-electron chi connectivity index (χ3n) is 4.95. The largest absolute Gasteiger partial charge is 0.375 e. The molecule has 0 radical (unpaired) electrons. The Kier molecular flexibility index (Phi) is 7.49. The van der Waals surface area contributed by atoms with Gasteiger partial charge in [0.1, 0.15) is 0 Å². The van der Waals surface area contributed by atoms with Crippen LogP contribution in [0.4, 0.5) is 0 Å². The first kappa shape index (κ1) is 20.0. The first-order valence-electron chi connectivity index (χ1n) is 9.08. The first-order chi connectivity index (χ1) is 11.6. The van der Waals surface area contributed by atoms with Crippen LogP contribution in [0, 0.1) is 0 Å². The third-order valence-corrected chi connectivity index (χ3v) is 4.95. The van der Waals surface area contributed by atoms with Crippen LogP contribution in [0.3, 0.4) is 0 Å². The molecule has 3 rings (SSSR count). The summed E-state index contributed by atoms with van der Waals surface area (Å²) in [7, 11) is 0. The minimum absolute atomic E-state index is 0. The van der Waals surface area contributed by atoms with Crippen molar-refractivity contribution in [3.63, 3.8) is 0 Å². The van der Waals surface area contributed by atoms with Gasteiger partial charge in [0.25, 0.3) is 0 Å². The number of rotatable bonds is 6. The summed E-state index contributed by atoms with van der Waals surface area (Å²) in [5.74, 6) is 0. The summed E-state index contributed by atoms with van der Waals surface area (Å²) in [6, 6.07) is 22.3. The lowest BCUT2D eigenvalue weighted by atomic mass is 9.92. The molecule has 0 spiro atoms. The maximum absolute atomic E-state index is 5.93. The van der Waals surface area contributed by atoms with E-state index in [2.05, 4.69) is 79.4 Å². The van der Waals surface area contributed by atoms with Crippen LogP contribution in [0.2, 0.25) is 0 Å². The van der Waals surface area contributed by atoms with Crippen LogP contribution in [-0.4, -0.2) is 29.7 Å². The zero-order valence-corrected chi connectivity index (χ0v) is 16.2. The van der Waals surface area contributed by atoms with Crippen molar-refractivity contribution >= 4 is 12.4 Å². The number of ether oxygens (including phenoxy) is 1. The Morgan fingerprint density at radius 1 is 0.960 bits per heavy atom. The van der Waals surface area contributed by atoms with Crippen molar-refractivity contribution in [3.05, 3.63) is 71.8 Å². The molecule has 1 aliphatic rings. The molecular weight excluding hydrogens is 330 g/mol. The Morgan fingerprint density at radius 2 is 1.56 bits per heavy atom. The number of benzene rings is 2. The van der Waals surface area contributed by atoms with Crippen molar-refractivity contribution in [2.75, 3.05) is 13.2 Å². The minimum atomic E-state index is -0.00932. The standard InChI is InChI=1S/C22H29NO.ClH/c1-22(2)17-21(14-16-24-22)23(18-20-11-7-4-8-12-20)15-13-19-9-5-3-6-10-19;/h3-12,21H,13-18H2,1-2H3;1H. The average molecular weight is 360 g/mol. The van der Waals surface area contributed by atoms with Gasteiger partial charge in [0.05, 0.1) is 5.60 Å². The van der Waals surface area contributed by atoms with E-state index in [-0.39, 0.29) is 18.0 Å². The molecule has 25 heavy (non-hydrogen) atoms. The highest BCUT2D eigenvalue weighted by atomic mass is 35.5. The van der Waals surface area contributed by atoms with Gasteiger partial charge in [-0.2, -0.15) is 0 Å². The van der Waals surface area contributed by atoms with Gasteiger partial charge in [0, 0.05) is 25.7 Å². The smallest absolute Gasteiger partial charge is 0.0641 e. The van der Waals surface area contributed by atoms with Gasteiger partial charge in [0.15, 0.2) is 0 Å². The van der Waals surface area contributed by atoms with E-state index in [0.717, 1.165) is 39.0 Å². The quantitative estimate of drug-likeness (QED) is 0.710. The molecule has 0 bridgehead atoms. The van der Waals surface area contributed by atoms with Gasteiger partial charge >= 0.3 is 0 Å². The molecule has 1 aliphatic heterocycles. The molecule has 2 nitrogen and oxygen atoms in total. The topological polar surface area (TPSA) is 12.5 Å². The van der Waals surface area contributed by atoms with Crippen LogP contribution in [0.1, 0.15) is 37.8 Å². The maximum atomic E-state index is 5.93. The van der Waals surface area contributed by atoms with Crippen molar-refractivity contribution in [1.82, 2.24) is 4.90 Å². The number of halogens is 1. The van der Waals surface area contributed by atoms with Crippen LogP contribution in [0.5, 0.6) is 0 Å². The molecule has 0 aliphatic carbocycles. The molecule has 1 unspecified atom stereocenters. The van der Waals surface area contributed by atoms with Gasteiger partial charge in [0.2, 0.25) is 0 Å². The van der Waals surface area contributed by atoms with E-state index in [0.29, 0.717) is 6.04 Å². The summed E-state index contributed by atoms with van der Waals surface area (Å²) in [5, 5.41) is 0. The van der Waals surface area contributed by atoms with Crippen LogP contribution < -0.4 is 0 Å². The van der Waals surface area contributed by atoms with Crippen molar-refractivity contribution < 1.29 is 4.74 Å². The van der Waals surface area contributed by atoms with Crippen molar-refractivity contribution in [2.45, 2.75) is 51.3 Å². The molecule has 0 N–H and O–H groups in total. The van der Waals surface area contributed by atoms with Crippen LogP contribution in [0.25, 0.3) is 0 Å². The highest BCUT2D eigenvalue weighted by Gasteiger charge is 2.32. The summed E-state index contributed by atoms with van der Waals surface area (Å²) in [4.78, 5) is 2.66. The van der Waals surface area contributed by atoms with Crippen molar-refractivity contribution in [3.8, 4) is 0 Å². The normalized spacial score (nSPS) is 19.4. The van der Waals surface area contributed by atoms with E-state index in [4.69, 9.17) is 4.74 Å². The highest BCUT2D eigenvalue weighted by Crippen LogP contribution is 2.28. The fraction of sp³-hybridized carbons (Fsp3) is 0.455. The predicted molar refractivity (Wildman–Crippen MR) is 107 cm³/mol. The van der Waals surface area contributed by atoms with E-state index in [1.165, 1.54) is 11.1 Å². The highest BCUT2D eigenvalue weighted by molar-refractivity contribution is 5.85. The third kappa shape index (κ3) is 6.14. The van der Waals surface area contributed by atoms with Crippen molar-refractivity contribution in [1.29, 1.82) is 0 Å². The van der Waals surface area contributed by atoms with Gasteiger partial charge in [-0.15, -0.1) is 12.4 Å². The monoisotopic (exact) mass is 359 g/mol. The lowest BCUT2D eigenvalue weighted by molar-refractivity contribution is -0.0844. The van der Waals surface area contributed by atoms with E-state index < -0.39 is 0 Å². The summed E-state index contributed by atoms with van der Waals surface area (Å²) in [6.45, 7) is 7.43. The SMILES string of the molecule is CC1(C)CC(N(CCc2ccccc2)Cc2ccccc2)CCO1.Cl. The predicted octanol–water partition coefficient (Wildman–Crippen LogP) is 5.11. The van der Waals surface area contributed by atoms with E-state index in [9.17, 15) is 0 Å². The van der Waals surface area contributed by atoms with Crippen LogP contribution in [0.15, 0.2) is 60.7 Å². The zero-order valence-electron chi connectivity index (χ0n) is 15.4. The molecule has 0 amide bonds. The average Bonchev–Trinajstić information content (AvgIpc) is 2.59. The summed E-state index contributed by atoms with van der Waals surface area (Å²) in [5.41, 5.74) is 2.81. The molecule has 1 heterocycles. The summed E-state index contributed by atoms with van der Waals surface area (Å²) >= 11 is 0. The Labute approximate surface area is 158 Å². The number of nitrogens with zero attached hydrogens (tertiary/aromatic N) is 1. The van der Waals surface area contributed by atoms with E-state index >= 15 is 0 Å². The first-order valence-corrected chi connectivity index (χ1v) is 9.08. The van der Waals surface area contributed by atoms with Gasteiger partial charge < -0.3 is 4.74 Å². The molecule has 1 atom stereocenters. The fourth-order valence-electron chi connectivity index (χ4n) is 3.64. The molecular formula is C22H30ClNO. The molecule has 0 aromatic heterocycles. The summed E-state index contributed by atoms with van der Waals surface area (Å²) in [6.07, 6.45) is 3.34. The van der Waals surface area contributed by atoms with Crippen LogP contribution >= 0.6 is 12.4 Å². The molecule has 2 aromatic rings. The van der Waals surface area contributed by atoms with Gasteiger partial charge in [-0.25, -0.2) is 0 Å². The summed E-state index contributed by atoms with van der Waals surface area (Å²) < 4.78 is 5.93. The second kappa shape index (κ2) is 9.38. The Hall–Kier alpha value is -1.35. The molecule has 136 valence electrons. The van der Waals surface area contributed by atoms with Crippen LogP contribution in [-0.2, 0) is 17.7 Å².